The van der Waals surface area contributed by atoms with E-state index in [1.807, 2.05) is 61.0 Å². The minimum absolute atomic E-state index is 0.0281. The summed E-state index contributed by atoms with van der Waals surface area (Å²) in [5.74, 6) is 1.07. The Bertz CT molecular complexity index is 998. The highest BCUT2D eigenvalue weighted by molar-refractivity contribution is 8.00. The van der Waals surface area contributed by atoms with Gasteiger partial charge in [0.05, 0.1) is 22.4 Å². The number of rotatable bonds is 2. The van der Waals surface area contributed by atoms with E-state index in [0.29, 0.717) is 10.8 Å². The van der Waals surface area contributed by atoms with Crippen molar-refractivity contribution in [3.05, 3.63) is 75.9 Å². The maximum Gasteiger partial charge on any atom is 0.235 e. The van der Waals surface area contributed by atoms with Gasteiger partial charge in [-0.2, -0.15) is 5.10 Å². The number of hydrogen-bond donors (Lipinski definition) is 1. The fourth-order valence-electron chi connectivity index (χ4n) is 3.26. The van der Waals surface area contributed by atoms with Gasteiger partial charge < -0.3 is 5.32 Å². The maximum atomic E-state index is 12.4. The summed E-state index contributed by atoms with van der Waals surface area (Å²) in [6, 6.07) is 15.9. The molecule has 1 aliphatic rings. The molecule has 2 heterocycles. The molecule has 0 spiro atoms. The lowest BCUT2D eigenvalue weighted by Crippen LogP contribution is -2.15. The first-order valence-electron chi connectivity index (χ1n) is 8.37. The fraction of sp³-hybridized carbons (Fsp3) is 0.200. The van der Waals surface area contributed by atoms with Crippen LogP contribution >= 0.6 is 23.4 Å². The fourth-order valence-corrected chi connectivity index (χ4v) is 4.80. The van der Waals surface area contributed by atoms with Gasteiger partial charge >= 0.3 is 0 Å². The Morgan fingerprint density at radius 3 is 2.77 bits per heavy atom. The van der Waals surface area contributed by atoms with Crippen LogP contribution in [0.4, 0.5) is 5.82 Å². The lowest BCUT2D eigenvalue weighted by atomic mass is 10.0. The van der Waals surface area contributed by atoms with E-state index in [2.05, 4.69) is 11.4 Å². The van der Waals surface area contributed by atoms with Crippen LogP contribution < -0.4 is 5.32 Å². The second-order valence-electron chi connectivity index (χ2n) is 6.36. The molecule has 1 aliphatic heterocycles. The first kappa shape index (κ1) is 17.2. The van der Waals surface area contributed by atoms with Crippen molar-refractivity contribution in [1.29, 1.82) is 0 Å². The van der Waals surface area contributed by atoms with Crippen LogP contribution in [0.5, 0.6) is 0 Å². The predicted octanol–water partition coefficient (Wildman–Crippen LogP) is 4.92. The lowest BCUT2D eigenvalue weighted by Gasteiger charge is -2.16. The number of nitrogens with one attached hydrogen (secondary N) is 1. The second-order valence-corrected chi connectivity index (χ2v) is 7.86. The number of nitrogens with zero attached hydrogens (tertiary/aromatic N) is 2. The minimum Gasteiger partial charge on any atom is -0.310 e. The van der Waals surface area contributed by atoms with Crippen molar-refractivity contribution in [3.8, 4) is 5.69 Å². The molecule has 0 radical (unpaired) electrons. The van der Waals surface area contributed by atoms with Gasteiger partial charge in [-0.3, -0.25) is 4.79 Å². The maximum absolute atomic E-state index is 12.4. The Morgan fingerprint density at radius 1 is 1.19 bits per heavy atom. The number of carbonyl (C=O) groups is 1. The number of amides is 1. The molecule has 6 heteroatoms. The highest BCUT2D eigenvalue weighted by atomic mass is 35.5. The van der Waals surface area contributed by atoms with Gasteiger partial charge in [-0.15, -0.1) is 11.8 Å². The third-order valence-electron chi connectivity index (χ3n) is 4.44. The van der Waals surface area contributed by atoms with Crippen molar-refractivity contribution in [2.45, 2.75) is 19.1 Å². The molecule has 1 unspecified atom stereocenters. The molecule has 0 saturated carbocycles. The van der Waals surface area contributed by atoms with Crippen LogP contribution in [-0.2, 0) is 4.79 Å². The van der Waals surface area contributed by atoms with Crippen molar-refractivity contribution >= 4 is 35.1 Å². The van der Waals surface area contributed by atoms with Gasteiger partial charge in [0.1, 0.15) is 5.82 Å². The summed E-state index contributed by atoms with van der Waals surface area (Å²) in [5.41, 5.74) is 4.97. The lowest BCUT2D eigenvalue weighted by molar-refractivity contribution is -0.113. The molecule has 2 aromatic carbocycles. The summed E-state index contributed by atoms with van der Waals surface area (Å²) in [4.78, 5) is 12.4. The van der Waals surface area contributed by atoms with E-state index in [1.54, 1.807) is 11.8 Å². The SMILES string of the molecule is Cc1cccc(-n2nc(C)c3c2NC(=O)CSC3c2ccccc2Cl)c1. The van der Waals surface area contributed by atoms with Crippen molar-refractivity contribution < 1.29 is 4.79 Å². The summed E-state index contributed by atoms with van der Waals surface area (Å²) < 4.78 is 1.82. The van der Waals surface area contributed by atoms with Crippen LogP contribution in [0.2, 0.25) is 5.02 Å². The van der Waals surface area contributed by atoms with E-state index >= 15 is 0 Å². The monoisotopic (exact) mass is 383 g/mol. The number of thioether (sulfide) groups is 1. The van der Waals surface area contributed by atoms with E-state index in [0.717, 1.165) is 33.9 Å². The van der Waals surface area contributed by atoms with Crippen LogP contribution in [0.3, 0.4) is 0 Å². The molecular formula is C20H18ClN3OS. The van der Waals surface area contributed by atoms with Crippen LogP contribution in [0.1, 0.15) is 27.6 Å². The number of halogens is 1. The van der Waals surface area contributed by atoms with Gasteiger partial charge in [0, 0.05) is 10.6 Å². The van der Waals surface area contributed by atoms with Crippen LogP contribution in [0.15, 0.2) is 48.5 Å². The van der Waals surface area contributed by atoms with Crippen molar-refractivity contribution in [3.63, 3.8) is 0 Å². The number of benzene rings is 2. The molecular weight excluding hydrogens is 366 g/mol. The molecule has 1 N–H and O–H groups in total. The Labute approximate surface area is 161 Å². The molecule has 1 atom stereocenters. The molecule has 3 aromatic rings. The van der Waals surface area contributed by atoms with E-state index in [4.69, 9.17) is 16.7 Å². The molecule has 0 aliphatic carbocycles. The van der Waals surface area contributed by atoms with Gasteiger partial charge in [-0.05, 0) is 43.2 Å². The third-order valence-corrected chi connectivity index (χ3v) is 6.04. The Kier molecular flexibility index (Phi) is 4.51. The summed E-state index contributed by atoms with van der Waals surface area (Å²) in [5, 5.41) is 8.43. The van der Waals surface area contributed by atoms with E-state index in [1.165, 1.54) is 0 Å². The molecule has 132 valence electrons. The number of aromatic nitrogens is 2. The zero-order chi connectivity index (χ0) is 18.3. The highest BCUT2D eigenvalue weighted by Crippen LogP contribution is 2.45. The standard InChI is InChI=1S/C20H18ClN3OS/c1-12-6-5-7-14(10-12)24-20-18(13(2)23-24)19(26-11-17(25)22-20)15-8-3-4-9-16(15)21/h3-10,19H,11H2,1-2H3,(H,22,25). The molecule has 1 aromatic heterocycles. The summed E-state index contributed by atoms with van der Waals surface area (Å²) in [6.07, 6.45) is 0. The van der Waals surface area contributed by atoms with Crippen molar-refractivity contribution in [2.75, 3.05) is 11.1 Å². The van der Waals surface area contributed by atoms with Gasteiger partial charge in [0.15, 0.2) is 0 Å². The molecule has 26 heavy (non-hydrogen) atoms. The topological polar surface area (TPSA) is 46.9 Å². The van der Waals surface area contributed by atoms with E-state index in [9.17, 15) is 4.79 Å². The molecule has 4 nitrogen and oxygen atoms in total. The van der Waals surface area contributed by atoms with E-state index in [-0.39, 0.29) is 11.2 Å². The first-order valence-corrected chi connectivity index (χ1v) is 9.79. The number of anilines is 1. The summed E-state index contributed by atoms with van der Waals surface area (Å²) >= 11 is 8.04. The van der Waals surface area contributed by atoms with Crippen LogP contribution in [0, 0.1) is 13.8 Å². The molecule has 0 saturated heterocycles. The summed E-state index contributed by atoms with van der Waals surface area (Å²) in [7, 11) is 0. The van der Waals surface area contributed by atoms with Gasteiger partial charge in [-0.25, -0.2) is 4.68 Å². The Morgan fingerprint density at radius 2 is 2.00 bits per heavy atom. The van der Waals surface area contributed by atoms with Gasteiger partial charge in [-0.1, -0.05) is 41.9 Å². The van der Waals surface area contributed by atoms with Gasteiger partial charge in [0.25, 0.3) is 0 Å². The molecule has 0 bridgehead atoms. The van der Waals surface area contributed by atoms with Crippen LogP contribution in [-0.4, -0.2) is 21.4 Å². The largest absolute Gasteiger partial charge is 0.310 e. The highest BCUT2D eigenvalue weighted by Gasteiger charge is 2.31. The van der Waals surface area contributed by atoms with Gasteiger partial charge in [0.2, 0.25) is 5.91 Å². The smallest absolute Gasteiger partial charge is 0.235 e. The second kappa shape index (κ2) is 6.82. The average molecular weight is 384 g/mol. The van der Waals surface area contributed by atoms with Crippen LogP contribution in [0.25, 0.3) is 5.69 Å². The number of carbonyl (C=O) groups excluding carboxylic acids is 1. The zero-order valence-corrected chi connectivity index (χ0v) is 16.1. The predicted molar refractivity (Wildman–Crippen MR) is 107 cm³/mol. The molecule has 1 amide bonds. The molecule has 0 fully saturated rings. The number of hydrogen-bond acceptors (Lipinski definition) is 3. The zero-order valence-electron chi connectivity index (χ0n) is 14.5. The van der Waals surface area contributed by atoms with E-state index < -0.39 is 0 Å². The average Bonchev–Trinajstić information content (AvgIpc) is 2.82. The minimum atomic E-state index is -0.0452. The first-order chi connectivity index (χ1) is 12.5. The number of aryl methyl sites for hydroxylation is 2. The summed E-state index contributed by atoms with van der Waals surface area (Å²) in [6.45, 7) is 4.02. The Balaban J connectivity index is 1.92. The number of fused-ring (bicyclic) bond motifs is 1. The van der Waals surface area contributed by atoms with Crippen molar-refractivity contribution in [1.82, 2.24) is 9.78 Å². The quantitative estimate of drug-likeness (QED) is 0.683. The molecule has 4 rings (SSSR count). The Hall–Kier alpha value is -2.24. The normalized spacial score (nSPS) is 16.7. The third kappa shape index (κ3) is 3.02. The van der Waals surface area contributed by atoms with Crippen molar-refractivity contribution in [2.24, 2.45) is 0 Å².